The highest BCUT2D eigenvalue weighted by molar-refractivity contribution is 5.73. The first-order valence-corrected chi connectivity index (χ1v) is 15.1. The molecular formula is C31H34F9N5O7. The van der Waals surface area contributed by atoms with Gasteiger partial charge in [0.25, 0.3) is 0 Å². The maximum Gasteiger partial charge on any atom is 0.490 e. The van der Waals surface area contributed by atoms with Gasteiger partial charge in [0.05, 0.1) is 24.1 Å². The highest BCUT2D eigenvalue weighted by Crippen LogP contribution is 2.36. The highest BCUT2D eigenvalue weighted by Gasteiger charge is 2.45. The molecule has 1 aliphatic carbocycles. The van der Waals surface area contributed by atoms with Crippen molar-refractivity contribution in [2.45, 2.75) is 68.9 Å². The van der Waals surface area contributed by atoms with E-state index in [1.165, 1.54) is 29.5 Å². The number of pyridine rings is 1. The van der Waals surface area contributed by atoms with Crippen LogP contribution in [0.4, 0.5) is 39.5 Å². The van der Waals surface area contributed by atoms with Crippen LogP contribution in [0.15, 0.2) is 61.1 Å². The van der Waals surface area contributed by atoms with Crippen molar-refractivity contribution in [3.63, 3.8) is 0 Å². The van der Waals surface area contributed by atoms with Gasteiger partial charge >= 0.3 is 36.4 Å². The Labute approximate surface area is 289 Å². The Morgan fingerprint density at radius 1 is 0.865 bits per heavy atom. The highest BCUT2D eigenvalue weighted by atomic mass is 19.4. The van der Waals surface area contributed by atoms with E-state index in [-0.39, 0.29) is 5.60 Å². The first-order valence-electron chi connectivity index (χ1n) is 15.1. The number of ether oxygens (including phenoxy) is 1. The van der Waals surface area contributed by atoms with E-state index in [2.05, 4.69) is 55.7 Å². The first-order chi connectivity index (χ1) is 24.2. The summed E-state index contributed by atoms with van der Waals surface area (Å²) in [7, 11) is 0. The Kier molecular flexibility index (Phi) is 16.0. The van der Waals surface area contributed by atoms with Gasteiger partial charge < -0.3 is 25.4 Å². The van der Waals surface area contributed by atoms with Crippen LogP contribution < -0.4 is 5.32 Å². The van der Waals surface area contributed by atoms with E-state index in [1.54, 1.807) is 0 Å². The molecule has 1 aromatic carbocycles. The predicted molar refractivity (Wildman–Crippen MR) is 162 cm³/mol. The number of aliphatic carboxylic acids is 3. The first kappa shape index (κ1) is 43.4. The van der Waals surface area contributed by atoms with Crippen LogP contribution >= 0.6 is 0 Å². The van der Waals surface area contributed by atoms with Crippen molar-refractivity contribution in [1.29, 1.82) is 0 Å². The van der Waals surface area contributed by atoms with Crippen LogP contribution in [0.25, 0.3) is 11.3 Å². The maximum absolute atomic E-state index is 10.6. The summed E-state index contributed by atoms with van der Waals surface area (Å²) in [6, 6.07) is 15.0. The molecule has 0 bridgehead atoms. The second kappa shape index (κ2) is 19.2. The topological polar surface area (TPSA) is 178 Å². The summed E-state index contributed by atoms with van der Waals surface area (Å²) in [5.74, 6) is -8.27. The number of carboxylic acids is 3. The number of halogens is 9. The van der Waals surface area contributed by atoms with E-state index in [0.717, 1.165) is 51.3 Å². The fraction of sp³-hybridized carbons (Fsp3) is 0.452. The van der Waals surface area contributed by atoms with Crippen LogP contribution in [-0.4, -0.2) is 103 Å². The zero-order valence-electron chi connectivity index (χ0n) is 26.9. The van der Waals surface area contributed by atoms with Crippen molar-refractivity contribution in [2.75, 3.05) is 19.7 Å². The molecule has 3 aromatic rings. The number of aromatic nitrogens is 3. The average molecular weight is 760 g/mol. The van der Waals surface area contributed by atoms with E-state index in [1.807, 2.05) is 30.7 Å². The summed E-state index contributed by atoms with van der Waals surface area (Å²) in [6.45, 7) is 4.42. The molecule has 2 unspecified atom stereocenters. The molecule has 0 amide bonds. The number of nitrogens with zero attached hydrogens (tertiary/aromatic N) is 3. The Bertz CT molecular complexity index is 1500. The average Bonchev–Trinajstić information content (AvgIpc) is 3.53. The number of benzene rings is 1. The van der Waals surface area contributed by atoms with Gasteiger partial charge in [0.2, 0.25) is 0 Å². The number of carbonyl (C=O) groups is 3. The van der Waals surface area contributed by atoms with Gasteiger partial charge in [-0.1, -0.05) is 49.2 Å². The predicted octanol–water partition coefficient (Wildman–Crippen LogP) is 5.68. The third-order valence-electron chi connectivity index (χ3n) is 7.44. The number of rotatable bonds is 6. The van der Waals surface area contributed by atoms with Gasteiger partial charge in [0, 0.05) is 50.2 Å². The monoisotopic (exact) mass is 759 g/mol. The number of carboxylic acid groups (broad SMARTS) is 3. The third kappa shape index (κ3) is 14.5. The molecule has 21 heteroatoms. The Balaban J connectivity index is 0.000000365. The van der Waals surface area contributed by atoms with Gasteiger partial charge in [-0.3, -0.25) is 15.0 Å². The lowest BCUT2D eigenvalue weighted by molar-refractivity contribution is -0.193. The standard InChI is InChI=1S/C25H31N5O.3C2HF3O2/c1-2-8-21(9-3-1)24-22(17-28-29-24)18-30-13-14-31-25(19-30)11-5-4-10-23(25)27-16-20-7-6-12-26-15-20;3*3-2(4,5)1(6)7/h1-3,6-9,12,15,17,23,27H,4-5,10-11,13-14,16,18-19H2,(H,28,29);3*(H,6,7). The molecule has 5 rings (SSSR count). The normalized spacial score (nSPS) is 19.1. The van der Waals surface area contributed by atoms with Crippen molar-refractivity contribution in [1.82, 2.24) is 25.4 Å². The maximum atomic E-state index is 10.6. The number of aromatic amines is 1. The van der Waals surface area contributed by atoms with Crippen molar-refractivity contribution in [3.05, 3.63) is 72.2 Å². The quantitative estimate of drug-likeness (QED) is 0.196. The lowest BCUT2D eigenvalue weighted by Gasteiger charge is -2.50. The third-order valence-corrected chi connectivity index (χ3v) is 7.44. The molecule has 12 nitrogen and oxygen atoms in total. The smallest absolute Gasteiger partial charge is 0.475 e. The van der Waals surface area contributed by atoms with Gasteiger partial charge in [0.1, 0.15) is 0 Å². The molecule has 3 heterocycles. The lowest BCUT2D eigenvalue weighted by atomic mass is 9.78. The zero-order valence-corrected chi connectivity index (χ0v) is 26.9. The van der Waals surface area contributed by atoms with Crippen LogP contribution in [0.5, 0.6) is 0 Å². The van der Waals surface area contributed by atoms with Crippen LogP contribution in [0.2, 0.25) is 0 Å². The van der Waals surface area contributed by atoms with Crippen molar-refractivity contribution >= 4 is 17.9 Å². The molecule has 52 heavy (non-hydrogen) atoms. The van der Waals surface area contributed by atoms with Crippen LogP contribution in [0, 0.1) is 0 Å². The summed E-state index contributed by atoms with van der Waals surface area (Å²) in [5, 5.41) is 32.7. The van der Waals surface area contributed by atoms with Crippen molar-refractivity contribution in [3.8, 4) is 11.3 Å². The largest absolute Gasteiger partial charge is 0.490 e. The Morgan fingerprint density at radius 3 is 1.96 bits per heavy atom. The van der Waals surface area contributed by atoms with E-state index in [9.17, 15) is 39.5 Å². The van der Waals surface area contributed by atoms with Gasteiger partial charge in [-0.25, -0.2) is 14.4 Å². The summed E-state index contributed by atoms with van der Waals surface area (Å²) in [6.07, 6.45) is -4.73. The molecule has 1 saturated carbocycles. The Hall–Kier alpha value is -4.76. The molecule has 0 radical (unpaired) electrons. The number of hydrogen-bond donors (Lipinski definition) is 5. The van der Waals surface area contributed by atoms with Gasteiger partial charge in [0.15, 0.2) is 0 Å². The van der Waals surface area contributed by atoms with Gasteiger partial charge in [-0.15, -0.1) is 0 Å². The van der Waals surface area contributed by atoms with E-state index in [4.69, 9.17) is 34.4 Å². The second-order valence-corrected chi connectivity index (χ2v) is 11.2. The molecule has 2 fully saturated rings. The van der Waals surface area contributed by atoms with Crippen LogP contribution in [0.3, 0.4) is 0 Å². The molecule has 288 valence electrons. The summed E-state index contributed by atoms with van der Waals surface area (Å²) >= 11 is 0. The van der Waals surface area contributed by atoms with Crippen LogP contribution in [-0.2, 0) is 32.2 Å². The molecule has 5 N–H and O–H groups in total. The zero-order chi connectivity index (χ0) is 39.2. The molecule has 2 aliphatic rings. The molecule has 1 saturated heterocycles. The minimum atomic E-state index is -5.08. The fourth-order valence-electron chi connectivity index (χ4n) is 5.15. The summed E-state index contributed by atoms with van der Waals surface area (Å²) < 4.78 is 102. The number of morpholine rings is 1. The fourth-order valence-corrected chi connectivity index (χ4v) is 5.15. The summed E-state index contributed by atoms with van der Waals surface area (Å²) in [4.78, 5) is 33.5. The SMILES string of the molecule is O=C(O)C(F)(F)F.O=C(O)C(F)(F)F.O=C(O)C(F)(F)F.c1ccc(-c2[nH]ncc2CN2CCOC3(CCCCC3NCc3cccnc3)C2)cc1. The van der Waals surface area contributed by atoms with Gasteiger partial charge in [-0.2, -0.15) is 44.6 Å². The van der Waals surface area contributed by atoms with Crippen molar-refractivity contribution in [2.24, 2.45) is 0 Å². The lowest BCUT2D eigenvalue weighted by Crippen LogP contribution is -2.63. The van der Waals surface area contributed by atoms with Gasteiger partial charge in [-0.05, 0) is 30.0 Å². The molecular weight excluding hydrogens is 725 g/mol. The number of nitrogens with one attached hydrogen (secondary N) is 2. The molecule has 1 spiro atoms. The second-order valence-electron chi connectivity index (χ2n) is 11.2. The Morgan fingerprint density at radius 2 is 1.44 bits per heavy atom. The minimum absolute atomic E-state index is 0.116. The molecule has 2 aromatic heterocycles. The molecule has 2 atom stereocenters. The molecule has 1 aliphatic heterocycles. The van der Waals surface area contributed by atoms with E-state index in [0.29, 0.717) is 6.04 Å². The minimum Gasteiger partial charge on any atom is -0.475 e. The summed E-state index contributed by atoms with van der Waals surface area (Å²) in [5.41, 5.74) is 4.67. The van der Waals surface area contributed by atoms with Crippen LogP contribution in [0.1, 0.15) is 36.8 Å². The number of hydrogen-bond acceptors (Lipinski definition) is 8. The number of H-pyrrole nitrogens is 1. The van der Waals surface area contributed by atoms with Crippen molar-refractivity contribution < 1.29 is 74.0 Å². The number of alkyl halides is 9. The van der Waals surface area contributed by atoms with E-state index < -0.39 is 36.4 Å². The van der Waals surface area contributed by atoms with E-state index >= 15 is 0 Å².